The molecule has 0 radical (unpaired) electrons. The van der Waals surface area contributed by atoms with Gasteiger partial charge in [-0.1, -0.05) is 67.4 Å². The van der Waals surface area contributed by atoms with E-state index in [9.17, 15) is 0 Å². The molecule has 0 unspecified atom stereocenters. The Morgan fingerprint density at radius 3 is 2.11 bits per heavy atom. The standard InChI is InChI=1S/C12H13.C12H19.2BrH.Zr/c1-9(2)12-7-10-5-3-4-6-11(10)8-12;1-6-7-12-10(4)8(2)9(3)11(12)5;;;/h3-9H,1-2H3;6-7H2,1-5H3;2*1H;/q2*-1;;;+4/p-2. The van der Waals surface area contributed by atoms with Crippen molar-refractivity contribution < 1.29 is 18.5 Å². The zero-order chi connectivity index (χ0) is 20.6. The summed E-state index contributed by atoms with van der Waals surface area (Å²) in [5, 5.41) is 2.72. The molecule has 0 aliphatic carbocycles. The molecule has 3 aromatic rings. The molecular weight excluding hydrogens is 539 g/mol. The second-order valence-corrected chi connectivity index (χ2v) is 18.7. The van der Waals surface area contributed by atoms with E-state index in [0.717, 1.165) is 0 Å². The van der Waals surface area contributed by atoms with Crippen molar-refractivity contribution in [2.45, 2.75) is 67.2 Å². The van der Waals surface area contributed by atoms with E-state index < -0.39 is 0 Å². The van der Waals surface area contributed by atoms with E-state index in [2.05, 4.69) is 109 Å². The summed E-state index contributed by atoms with van der Waals surface area (Å²) >= 11 is 6.32. The Morgan fingerprint density at radius 2 is 1.67 bits per heavy atom. The Labute approximate surface area is 189 Å². The van der Waals surface area contributed by atoms with Gasteiger partial charge in [0.25, 0.3) is 0 Å². The monoisotopic (exact) mass is 568 g/mol. The fourth-order valence-corrected chi connectivity index (χ4v) is 3.43. The Morgan fingerprint density at radius 1 is 1.07 bits per heavy atom. The molecule has 3 rings (SSSR count). The molecule has 0 atom stereocenters. The summed E-state index contributed by atoms with van der Waals surface area (Å²) < 4.78 is 0. The first-order chi connectivity index (χ1) is 12.8. The first-order valence-corrected chi connectivity index (χ1v) is 20.9. The van der Waals surface area contributed by atoms with Gasteiger partial charge >= 0.3 is 43.0 Å². The van der Waals surface area contributed by atoms with Crippen molar-refractivity contribution >= 4 is 35.2 Å². The van der Waals surface area contributed by atoms with Crippen molar-refractivity contribution in [1.29, 1.82) is 0 Å². The van der Waals surface area contributed by atoms with Gasteiger partial charge in [0, 0.05) is 0 Å². The van der Waals surface area contributed by atoms with Gasteiger partial charge in [0.2, 0.25) is 0 Å². The molecule has 0 aromatic heterocycles. The SMILES string of the molecule is CC(C)c1cc2ccccc2[cH-]1.CCCc1c(C)c(C)c(C)[c-]1C.[Br][Zr+2][Br]. The summed E-state index contributed by atoms with van der Waals surface area (Å²) in [5.41, 5.74) is 9.06. The van der Waals surface area contributed by atoms with E-state index in [0.29, 0.717) is 5.92 Å². The van der Waals surface area contributed by atoms with Gasteiger partial charge < -0.3 is 0 Å². The number of hydrogen-bond donors (Lipinski definition) is 0. The molecule has 27 heavy (non-hydrogen) atoms. The minimum atomic E-state index is -0.145. The van der Waals surface area contributed by atoms with Gasteiger partial charge in [0.1, 0.15) is 0 Å². The van der Waals surface area contributed by atoms with E-state index >= 15 is 0 Å². The van der Waals surface area contributed by atoms with Crippen molar-refractivity contribution in [1.82, 2.24) is 0 Å². The van der Waals surface area contributed by atoms with Crippen molar-refractivity contribution in [3.05, 3.63) is 69.8 Å². The van der Waals surface area contributed by atoms with Crippen LogP contribution in [0.25, 0.3) is 10.8 Å². The van der Waals surface area contributed by atoms with Crippen LogP contribution in [0.2, 0.25) is 0 Å². The van der Waals surface area contributed by atoms with Crippen LogP contribution in [0, 0.1) is 27.7 Å². The summed E-state index contributed by atoms with van der Waals surface area (Å²) in [7, 11) is 0. The van der Waals surface area contributed by atoms with Crippen LogP contribution >= 0.6 is 24.4 Å². The Balaban J connectivity index is 0.000000236. The third-order valence-electron chi connectivity index (χ3n) is 5.40. The molecule has 0 nitrogen and oxygen atoms in total. The average Bonchev–Trinajstić information content (AvgIpc) is 3.16. The Bertz CT molecular complexity index is 766. The summed E-state index contributed by atoms with van der Waals surface area (Å²) in [6.45, 7) is 15.7. The summed E-state index contributed by atoms with van der Waals surface area (Å²) in [6.07, 6.45) is 2.50. The number of fused-ring (bicyclic) bond motifs is 1. The van der Waals surface area contributed by atoms with E-state index in [4.69, 9.17) is 0 Å². The summed E-state index contributed by atoms with van der Waals surface area (Å²) in [5.74, 6) is 0.636. The van der Waals surface area contributed by atoms with Crippen molar-refractivity contribution in [3.63, 3.8) is 0 Å². The predicted octanol–water partition coefficient (Wildman–Crippen LogP) is 8.96. The molecule has 0 aliphatic rings. The minimum absolute atomic E-state index is 0.145. The topological polar surface area (TPSA) is 0 Å². The molecule has 0 spiro atoms. The van der Waals surface area contributed by atoms with Gasteiger partial charge in [-0.05, 0) is 5.92 Å². The van der Waals surface area contributed by atoms with E-state index in [1.54, 1.807) is 5.56 Å². The van der Waals surface area contributed by atoms with E-state index in [1.165, 1.54) is 51.4 Å². The average molecular weight is 572 g/mol. The fourth-order valence-electron chi connectivity index (χ4n) is 3.43. The van der Waals surface area contributed by atoms with Crippen LogP contribution < -0.4 is 0 Å². The quantitative estimate of drug-likeness (QED) is 0.275. The number of halogens is 2. The van der Waals surface area contributed by atoms with E-state index in [1.807, 2.05) is 0 Å². The summed E-state index contributed by atoms with van der Waals surface area (Å²) in [4.78, 5) is 0. The molecule has 0 N–H and O–H groups in total. The molecule has 0 saturated heterocycles. The van der Waals surface area contributed by atoms with Crippen molar-refractivity contribution in [2.75, 3.05) is 0 Å². The third kappa shape index (κ3) is 7.09. The first-order valence-electron chi connectivity index (χ1n) is 9.61. The third-order valence-corrected chi connectivity index (χ3v) is 5.40. The normalized spacial score (nSPS) is 10.1. The van der Waals surface area contributed by atoms with Gasteiger partial charge in [-0.15, -0.1) is 40.6 Å². The number of rotatable bonds is 3. The van der Waals surface area contributed by atoms with Crippen LogP contribution in [0.5, 0.6) is 0 Å². The number of hydrogen-bond acceptors (Lipinski definition) is 0. The molecule has 0 fully saturated rings. The number of benzene rings is 1. The van der Waals surface area contributed by atoms with Gasteiger partial charge in [-0.2, -0.15) is 33.9 Å². The molecule has 3 heteroatoms. The first kappa shape index (κ1) is 25.1. The van der Waals surface area contributed by atoms with Crippen LogP contribution in [0.3, 0.4) is 0 Å². The van der Waals surface area contributed by atoms with Crippen molar-refractivity contribution in [3.8, 4) is 0 Å². The molecule has 0 aliphatic heterocycles. The van der Waals surface area contributed by atoms with Crippen LogP contribution in [0.1, 0.15) is 66.5 Å². The molecule has 0 heterocycles. The molecule has 0 saturated carbocycles. The molecule has 146 valence electrons. The van der Waals surface area contributed by atoms with Crippen LogP contribution in [-0.4, -0.2) is 0 Å². The zero-order valence-corrected chi connectivity index (χ0v) is 23.3. The van der Waals surface area contributed by atoms with Gasteiger partial charge in [0.15, 0.2) is 0 Å². The van der Waals surface area contributed by atoms with Crippen molar-refractivity contribution in [2.24, 2.45) is 0 Å². The molecular formula is C24H32Br2Zr. The second kappa shape index (κ2) is 12.6. The molecule has 0 amide bonds. The predicted molar refractivity (Wildman–Crippen MR) is 126 cm³/mol. The van der Waals surface area contributed by atoms with Gasteiger partial charge in [0.05, 0.1) is 0 Å². The zero-order valence-electron chi connectivity index (χ0n) is 17.7. The van der Waals surface area contributed by atoms with Crippen LogP contribution in [0.4, 0.5) is 0 Å². The fraction of sp³-hybridized carbons (Fsp3) is 0.417. The van der Waals surface area contributed by atoms with Crippen LogP contribution in [0.15, 0.2) is 36.4 Å². The van der Waals surface area contributed by atoms with E-state index in [-0.39, 0.29) is 18.5 Å². The maximum atomic E-state index is 3.23. The Hall–Kier alpha value is 0.0231. The van der Waals surface area contributed by atoms with Crippen LogP contribution in [-0.2, 0) is 25.0 Å². The maximum absolute atomic E-state index is 3.23. The molecule has 3 aromatic carbocycles. The van der Waals surface area contributed by atoms with Gasteiger partial charge in [-0.3, -0.25) is 0 Å². The van der Waals surface area contributed by atoms with Gasteiger partial charge in [-0.25, -0.2) is 0 Å². The second-order valence-electron chi connectivity index (χ2n) is 7.37. The summed E-state index contributed by atoms with van der Waals surface area (Å²) in [6, 6.07) is 13.1. The Kier molecular flexibility index (Phi) is 11.7. The molecule has 0 bridgehead atoms.